The van der Waals surface area contributed by atoms with Crippen LogP contribution in [0.15, 0.2) is 170 Å². The number of hydrogen-bond acceptors (Lipinski definition) is 2. The van der Waals surface area contributed by atoms with Gasteiger partial charge >= 0.3 is 0 Å². The molecule has 8 aromatic rings. The van der Waals surface area contributed by atoms with E-state index in [2.05, 4.69) is 236 Å². The van der Waals surface area contributed by atoms with Crippen LogP contribution in [0.2, 0.25) is 0 Å². The molecule has 0 saturated carbocycles. The van der Waals surface area contributed by atoms with Crippen LogP contribution >= 0.6 is 0 Å². The lowest BCUT2D eigenvalue weighted by Crippen LogP contribution is -2.37. The second-order valence-electron chi connectivity index (χ2n) is 17.5. The quantitative estimate of drug-likeness (QED) is 0.160. The van der Waals surface area contributed by atoms with Crippen molar-refractivity contribution in [2.24, 2.45) is 0 Å². The molecule has 0 radical (unpaired) electrons. The van der Waals surface area contributed by atoms with Gasteiger partial charge in [-0.3, -0.25) is 0 Å². The molecule has 0 aromatic heterocycles. The van der Waals surface area contributed by atoms with Crippen molar-refractivity contribution >= 4 is 76.2 Å². The zero-order valence-corrected chi connectivity index (χ0v) is 35.4. The smallest absolute Gasteiger partial charge is 0.105 e. The molecule has 0 fully saturated rings. The summed E-state index contributed by atoms with van der Waals surface area (Å²) >= 11 is 0. The Hall–Kier alpha value is -7.86. The summed E-state index contributed by atoms with van der Waals surface area (Å²) in [6, 6.07) is 68.9. The van der Waals surface area contributed by atoms with E-state index in [9.17, 15) is 0 Å². The molecule has 0 unspecified atom stereocenters. The Morgan fingerprint density at radius 3 is 1.75 bits per heavy atom. The van der Waals surface area contributed by atoms with Gasteiger partial charge in [-0.25, -0.2) is 0 Å². The van der Waals surface area contributed by atoms with Gasteiger partial charge in [-0.15, -0.1) is 0 Å². The zero-order valence-electron chi connectivity index (χ0n) is 35.4. The monoisotopic (exact) mass is 804 g/mol. The van der Waals surface area contributed by atoms with Gasteiger partial charge in [0.05, 0.1) is 17.1 Å². The van der Waals surface area contributed by atoms with Gasteiger partial charge < -0.3 is 9.80 Å². The van der Waals surface area contributed by atoms with Gasteiger partial charge in [-0.05, 0) is 128 Å². The van der Waals surface area contributed by atoms with E-state index in [4.69, 9.17) is 0 Å². The molecule has 0 atom stereocenters. The molecular weight excluding hydrogens is 761 g/mol. The number of nitrogens with zero attached hydrogens (tertiary/aromatic N) is 2. The predicted octanol–water partition coefficient (Wildman–Crippen LogP) is 14.1. The maximum Gasteiger partial charge on any atom is 0.105 e. The normalized spacial score (nSPS) is 15.0. The Labute approximate surface area is 370 Å². The predicted molar refractivity (Wildman–Crippen MR) is 265 cm³/mol. The summed E-state index contributed by atoms with van der Waals surface area (Å²) in [7, 11) is 0. The van der Waals surface area contributed by atoms with E-state index < -0.39 is 0 Å². The van der Waals surface area contributed by atoms with Crippen LogP contribution in [0.1, 0.15) is 76.8 Å². The third kappa shape index (κ3) is 6.12. The van der Waals surface area contributed by atoms with Gasteiger partial charge in [0.2, 0.25) is 0 Å². The number of fused-ring (bicyclic) bond motifs is 8. The van der Waals surface area contributed by atoms with Crippen molar-refractivity contribution in [2.75, 3.05) is 9.80 Å². The second kappa shape index (κ2) is 14.7. The topological polar surface area (TPSA) is 6.48 Å². The average molecular weight is 805 g/mol. The highest BCUT2D eigenvalue weighted by molar-refractivity contribution is 5.96. The number of rotatable bonds is 5. The summed E-state index contributed by atoms with van der Waals surface area (Å²) < 4.78 is 0. The number of benzene rings is 7. The van der Waals surface area contributed by atoms with Gasteiger partial charge in [0, 0.05) is 27.6 Å². The lowest BCUT2D eigenvalue weighted by atomic mass is 9.81. The third-order valence-electron chi connectivity index (χ3n) is 13.6. The summed E-state index contributed by atoms with van der Waals surface area (Å²) in [4.78, 5) is 4.85. The number of para-hydroxylation sites is 3. The van der Waals surface area contributed by atoms with Crippen LogP contribution in [0.25, 0.3) is 58.9 Å². The van der Waals surface area contributed by atoms with Crippen LogP contribution in [-0.2, 0) is 5.41 Å². The van der Waals surface area contributed by atoms with E-state index in [1.807, 2.05) is 6.07 Å². The Balaban J connectivity index is 0.848. The fraction of sp³-hybridized carbons (Fsp3) is 0.0820. The number of hydrogen-bond donors (Lipinski definition) is 0. The van der Waals surface area contributed by atoms with Gasteiger partial charge in [0.15, 0.2) is 0 Å². The van der Waals surface area contributed by atoms with Gasteiger partial charge in [-0.2, -0.15) is 0 Å². The van der Waals surface area contributed by atoms with Gasteiger partial charge in [0.1, 0.15) is 5.69 Å². The summed E-state index contributed by atoms with van der Waals surface area (Å²) in [5.41, 5.74) is 22.1. The summed E-state index contributed by atoms with van der Waals surface area (Å²) in [6.07, 6.45) is 15.3. The van der Waals surface area contributed by atoms with E-state index in [1.165, 1.54) is 88.7 Å². The third-order valence-corrected chi connectivity index (χ3v) is 13.6. The van der Waals surface area contributed by atoms with Gasteiger partial charge in [0.25, 0.3) is 0 Å². The summed E-state index contributed by atoms with van der Waals surface area (Å²) in [5, 5.41) is 2.62. The molecule has 12 rings (SSSR count). The molecule has 2 heterocycles. The van der Waals surface area contributed by atoms with E-state index in [-0.39, 0.29) is 5.41 Å². The number of anilines is 5. The lowest BCUT2D eigenvalue weighted by Gasteiger charge is -2.32. The molecule has 0 amide bonds. The molecule has 0 spiro atoms. The van der Waals surface area contributed by atoms with Crippen LogP contribution in [-0.4, -0.2) is 0 Å². The second-order valence-corrected chi connectivity index (χ2v) is 17.5. The highest BCUT2D eigenvalue weighted by Crippen LogP contribution is 2.52. The van der Waals surface area contributed by atoms with E-state index in [0.717, 1.165) is 35.5 Å². The van der Waals surface area contributed by atoms with E-state index in [0.29, 0.717) is 0 Å². The molecule has 2 nitrogen and oxygen atoms in total. The molecule has 2 aliphatic carbocycles. The largest absolute Gasteiger partial charge is 0.312 e. The molecule has 2 heteroatoms. The van der Waals surface area contributed by atoms with Crippen molar-refractivity contribution in [2.45, 2.75) is 32.1 Å². The van der Waals surface area contributed by atoms with Crippen LogP contribution in [0, 0.1) is 12.1 Å². The Kier molecular flexibility index (Phi) is 8.59. The molecule has 8 aromatic carbocycles. The first-order valence-electron chi connectivity index (χ1n) is 22.0. The van der Waals surface area contributed by atoms with Crippen LogP contribution in [0.4, 0.5) is 28.4 Å². The minimum atomic E-state index is -0.174. The van der Waals surface area contributed by atoms with E-state index >= 15 is 0 Å². The van der Waals surface area contributed by atoms with Crippen molar-refractivity contribution < 1.29 is 0 Å². The van der Waals surface area contributed by atoms with Crippen LogP contribution in [0.5, 0.6) is 0 Å². The highest BCUT2D eigenvalue weighted by atomic mass is 15.2. The van der Waals surface area contributed by atoms with Crippen molar-refractivity contribution in [1.29, 1.82) is 0 Å². The zero-order chi connectivity index (χ0) is 42.1. The van der Waals surface area contributed by atoms with E-state index in [1.54, 1.807) is 0 Å². The van der Waals surface area contributed by atoms with Crippen molar-refractivity contribution in [3.63, 3.8) is 0 Å². The minimum Gasteiger partial charge on any atom is -0.312 e. The molecule has 0 saturated heterocycles. The summed E-state index contributed by atoms with van der Waals surface area (Å²) in [5.74, 6) is 0. The Morgan fingerprint density at radius 2 is 1.05 bits per heavy atom. The fourth-order valence-corrected chi connectivity index (χ4v) is 10.4. The molecular formula is C61H44N2. The van der Waals surface area contributed by atoms with Crippen LogP contribution in [0.3, 0.4) is 0 Å². The molecule has 4 aliphatic rings. The maximum atomic E-state index is 3.44. The minimum absolute atomic E-state index is 0.174. The van der Waals surface area contributed by atoms with Crippen molar-refractivity contribution in [1.82, 2.24) is 0 Å². The average Bonchev–Trinajstić information content (AvgIpc) is 3.45. The first-order chi connectivity index (χ1) is 31.0. The van der Waals surface area contributed by atoms with Gasteiger partial charge in [-0.1, -0.05) is 184 Å². The molecule has 0 N–H and O–H groups in total. The van der Waals surface area contributed by atoms with Crippen molar-refractivity contribution in [3.8, 4) is 11.1 Å². The molecule has 63 heavy (non-hydrogen) atoms. The molecule has 298 valence electrons. The highest BCUT2D eigenvalue weighted by Gasteiger charge is 2.36. The lowest BCUT2D eigenvalue weighted by molar-refractivity contribution is 0.660. The van der Waals surface area contributed by atoms with Crippen molar-refractivity contribution in [3.05, 3.63) is 242 Å². The van der Waals surface area contributed by atoms with Crippen LogP contribution < -0.4 is 20.2 Å². The first kappa shape index (κ1) is 36.9. The maximum absolute atomic E-state index is 3.44. The Bertz CT molecular complexity index is 3280. The SMILES string of the molecule is CC1(C)c2cc(/C=C/c3ccc(C4=c5ccccc5=C(N5c6ccccc6C=Cc6ccccc65)CC4)cc3)ccc2-c2ccc(N3c4c#cccc4C=Cc4ccccc43)cc21. The molecule has 0 bridgehead atoms. The Morgan fingerprint density at radius 1 is 0.492 bits per heavy atom. The first-order valence-corrected chi connectivity index (χ1v) is 22.0. The standard InChI is InChI=1S/C61H44N2/c1-61(2)54-39-42(27-35-51(54)52-36-34-48(40-55(52)61)62-56-19-9-3-13-44(56)30-31-45-14-4-10-20-57(45)62)24-23-41-25-28-43(29-26-41)49-37-38-60(53-18-8-7-17-50(49)53)63-58-21-11-5-15-46(58)32-33-47-16-6-12-22-59(47)63/h3-9,11-19,21-36,39-40H,37-38H2,1-2H3/b24-23+. The molecule has 2 aliphatic heterocycles. The summed E-state index contributed by atoms with van der Waals surface area (Å²) in [6.45, 7) is 4.73. The fourth-order valence-electron chi connectivity index (χ4n) is 10.4.